The number of anilines is 1. The van der Waals surface area contributed by atoms with Gasteiger partial charge in [-0.1, -0.05) is 30.3 Å². The van der Waals surface area contributed by atoms with Crippen LogP contribution in [0.5, 0.6) is 5.75 Å². The number of ether oxygens (including phenoxy) is 1. The molecule has 3 aromatic rings. The zero-order chi connectivity index (χ0) is 21.5. The van der Waals surface area contributed by atoms with E-state index in [9.17, 15) is 14.4 Å². The zero-order valence-corrected chi connectivity index (χ0v) is 17.2. The van der Waals surface area contributed by atoms with Crippen LogP contribution in [0.15, 0.2) is 65.1 Å². The lowest BCUT2D eigenvalue weighted by Crippen LogP contribution is -2.32. The van der Waals surface area contributed by atoms with Crippen molar-refractivity contribution in [2.75, 3.05) is 5.32 Å². The third-order valence-corrected chi connectivity index (χ3v) is 4.87. The average Bonchev–Trinajstić information content (AvgIpc) is 3.26. The molecule has 0 atom stereocenters. The third kappa shape index (κ3) is 5.62. The first-order chi connectivity index (χ1) is 14.4. The summed E-state index contributed by atoms with van der Waals surface area (Å²) in [6.07, 6.45) is 1.35. The van der Waals surface area contributed by atoms with E-state index in [0.29, 0.717) is 21.9 Å². The Hall–Kier alpha value is -3.78. The molecular formula is C22H19N3O4S. The second-order valence-electron chi connectivity index (χ2n) is 6.41. The summed E-state index contributed by atoms with van der Waals surface area (Å²) in [6, 6.07) is 15.6. The van der Waals surface area contributed by atoms with Gasteiger partial charge in [-0.3, -0.25) is 9.59 Å². The van der Waals surface area contributed by atoms with Crippen molar-refractivity contribution in [2.24, 2.45) is 5.10 Å². The van der Waals surface area contributed by atoms with Crippen molar-refractivity contribution >= 4 is 41.0 Å². The summed E-state index contributed by atoms with van der Waals surface area (Å²) in [4.78, 5) is 36.5. The van der Waals surface area contributed by atoms with Gasteiger partial charge in [0, 0.05) is 5.69 Å². The molecule has 152 valence electrons. The van der Waals surface area contributed by atoms with Crippen LogP contribution in [0.3, 0.4) is 0 Å². The van der Waals surface area contributed by atoms with Crippen molar-refractivity contribution in [3.8, 4) is 5.75 Å². The maximum atomic E-state index is 12.1. The SMILES string of the molecule is Cc1ccc(C)c(NC(=O)C(=O)NN=Cc2cccc(OC(=O)c3cccs3)c2)c1. The highest BCUT2D eigenvalue weighted by molar-refractivity contribution is 7.12. The van der Waals surface area contributed by atoms with E-state index in [1.165, 1.54) is 17.6 Å². The Morgan fingerprint density at radius 3 is 2.60 bits per heavy atom. The number of carbonyl (C=O) groups is 3. The molecule has 0 fully saturated rings. The second kappa shape index (κ2) is 9.62. The largest absolute Gasteiger partial charge is 0.422 e. The van der Waals surface area contributed by atoms with E-state index in [4.69, 9.17) is 4.74 Å². The molecule has 2 aromatic carbocycles. The van der Waals surface area contributed by atoms with Gasteiger partial charge in [0.15, 0.2) is 0 Å². The van der Waals surface area contributed by atoms with Gasteiger partial charge in [-0.25, -0.2) is 10.2 Å². The monoisotopic (exact) mass is 421 g/mol. The van der Waals surface area contributed by atoms with Crippen LogP contribution in [-0.4, -0.2) is 24.0 Å². The minimum absolute atomic E-state index is 0.344. The van der Waals surface area contributed by atoms with Crippen LogP contribution in [0, 0.1) is 13.8 Å². The molecule has 0 radical (unpaired) electrons. The number of nitrogens with zero attached hydrogens (tertiary/aromatic N) is 1. The first-order valence-corrected chi connectivity index (χ1v) is 9.88. The Bertz CT molecular complexity index is 1110. The first-order valence-electron chi connectivity index (χ1n) is 9.00. The van der Waals surface area contributed by atoms with E-state index in [1.54, 1.807) is 47.8 Å². The van der Waals surface area contributed by atoms with Crippen molar-refractivity contribution in [3.05, 3.63) is 81.5 Å². The number of aryl methyl sites for hydroxylation is 2. The summed E-state index contributed by atoms with van der Waals surface area (Å²) in [5, 5.41) is 8.14. The van der Waals surface area contributed by atoms with Crippen LogP contribution in [0.4, 0.5) is 5.69 Å². The molecule has 0 spiro atoms. The average molecular weight is 421 g/mol. The summed E-state index contributed by atoms with van der Waals surface area (Å²) in [6.45, 7) is 3.73. The maximum Gasteiger partial charge on any atom is 0.353 e. The molecule has 0 saturated carbocycles. The molecule has 7 nitrogen and oxygen atoms in total. The Labute approximate surface area is 177 Å². The highest BCUT2D eigenvalue weighted by Crippen LogP contribution is 2.17. The van der Waals surface area contributed by atoms with Crippen LogP contribution < -0.4 is 15.5 Å². The van der Waals surface area contributed by atoms with Crippen molar-refractivity contribution in [2.45, 2.75) is 13.8 Å². The number of carbonyl (C=O) groups excluding carboxylic acids is 3. The van der Waals surface area contributed by atoms with Gasteiger partial charge in [0.05, 0.1) is 6.21 Å². The van der Waals surface area contributed by atoms with Gasteiger partial charge >= 0.3 is 17.8 Å². The Morgan fingerprint density at radius 2 is 1.83 bits per heavy atom. The lowest BCUT2D eigenvalue weighted by atomic mass is 10.1. The van der Waals surface area contributed by atoms with Gasteiger partial charge in [-0.2, -0.15) is 5.10 Å². The number of hydrazone groups is 1. The fraction of sp³-hybridized carbons (Fsp3) is 0.0909. The molecule has 3 rings (SSSR count). The fourth-order valence-corrected chi connectivity index (χ4v) is 3.07. The van der Waals surface area contributed by atoms with Crippen molar-refractivity contribution in [1.29, 1.82) is 0 Å². The van der Waals surface area contributed by atoms with Gasteiger partial charge in [0.1, 0.15) is 10.6 Å². The summed E-state index contributed by atoms with van der Waals surface area (Å²) in [5.74, 6) is -1.82. The van der Waals surface area contributed by atoms with E-state index >= 15 is 0 Å². The second-order valence-corrected chi connectivity index (χ2v) is 7.36. The minimum atomic E-state index is -0.896. The first kappa shape index (κ1) is 20.9. The molecule has 0 unspecified atom stereocenters. The van der Waals surface area contributed by atoms with Crippen LogP contribution in [0.1, 0.15) is 26.4 Å². The predicted molar refractivity (Wildman–Crippen MR) is 116 cm³/mol. The van der Waals surface area contributed by atoms with E-state index in [1.807, 2.05) is 26.0 Å². The third-order valence-electron chi connectivity index (χ3n) is 4.02. The molecule has 0 aliphatic carbocycles. The molecule has 1 aromatic heterocycles. The Balaban J connectivity index is 1.56. The molecule has 30 heavy (non-hydrogen) atoms. The Morgan fingerprint density at radius 1 is 1.00 bits per heavy atom. The van der Waals surface area contributed by atoms with Crippen LogP contribution >= 0.6 is 11.3 Å². The van der Waals surface area contributed by atoms with Gasteiger partial charge in [-0.05, 0) is 60.2 Å². The molecule has 2 amide bonds. The van der Waals surface area contributed by atoms with Gasteiger partial charge in [-0.15, -0.1) is 11.3 Å². The van der Waals surface area contributed by atoms with Crippen molar-refractivity contribution in [1.82, 2.24) is 5.43 Å². The highest BCUT2D eigenvalue weighted by atomic mass is 32.1. The van der Waals surface area contributed by atoms with Crippen molar-refractivity contribution < 1.29 is 19.1 Å². The molecule has 8 heteroatoms. The number of hydrogen-bond donors (Lipinski definition) is 2. The van der Waals surface area contributed by atoms with E-state index in [-0.39, 0.29) is 0 Å². The highest BCUT2D eigenvalue weighted by Gasteiger charge is 2.14. The number of esters is 1. The quantitative estimate of drug-likeness (QED) is 0.216. The van der Waals surface area contributed by atoms with E-state index < -0.39 is 17.8 Å². The molecule has 0 bridgehead atoms. The van der Waals surface area contributed by atoms with Crippen molar-refractivity contribution in [3.63, 3.8) is 0 Å². The molecular weight excluding hydrogens is 402 g/mol. The van der Waals surface area contributed by atoms with E-state index in [2.05, 4.69) is 15.8 Å². The van der Waals surface area contributed by atoms with E-state index in [0.717, 1.165) is 11.1 Å². The zero-order valence-electron chi connectivity index (χ0n) is 16.3. The normalized spacial score (nSPS) is 10.6. The Kier molecular flexibility index (Phi) is 6.71. The summed E-state index contributed by atoms with van der Waals surface area (Å²) >= 11 is 1.29. The fourth-order valence-electron chi connectivity index (χ4n) is 2.48. The topological polar surface area (TPSA) is 96.9 Å². The molecule has 1 heterocycles. The summed E-state index contributed by atoms with van der Waals surface area (Å²) < 4.78 is 5.31. The maximum absolute atomic E-state index is 12.1. The summed E-state index contributed by atoms with van der Waals surface area (Å²) in [5.41, 5.74) is 5.15. The van der Waals surface area contributed by atoms with Crippen LogP contribution in [0.2, 0.25) is 0 Å². The number of thiophene rings is 1. The van der Waals surface area contributed by atoms with Gasteiger partial charge in [0.2, 0.25) is 0 Å². The number of hydrogen-bond acceptors (Lipinski definition) is 6. The standard InChI is InChI=1S/C22H19N3O4S/c1-14-8-9-15(2)18(11-14)24-20(26)21(27)25-23-13-16-5-3-6-17(12-16)29-22(28)19-7-4-10-30-19/h3-13H,1-2H3,(H,24,26)(H,25,27). The molecule has 0 saturated heterocycles. The lowest BCUT2D eigenvalue weighted by molar-refractivity contribution is -0.136. The van der Waals surface area contributed by atoms with Gasteiger partial charge < -0.3 is 10.1 Å². The molecule has 2 N–H and O–H groups in total. The minimum Gasteiger partial charge on any atom is -0.422 e. The number of rotatable bonds is 5. The number of nitrogens with one attached hydrogen (secondary N) is 2. The number of benzene rings is 2. The lowest BCUT2D eigenvalue weighted by Gasteiger charge is -2.08. The van der Waals surface area contributed by atoms with Crippen LogP contribution in [0.25, 0.3) is 0 Å². The smallest absolute Gasteiger partial charge is 0.353 e. The predicted octanol–water partition coefficient (Wildman–Crippen LogP) is 3.67. The number of amides is 2. The summed E-state index contributed by atoms with van der Waals surface area (Å²) in [7, 11) is 0. The molecule has 0 aliphatic rings. The molecule has 0 aliphatic heterocycles. The van der Waals surface area contributed by atoms with Gasteiger partial charge in [0.25, 0.3) is 0 Å². The van der Waals surface area contributed by atoms with Crippen LogP contribution in [-0.2, 0) is 9.59 Å².